The Bertz CT molecular complexity index is 1230. The first kappa shape index (κ1) is 21.9. The average molecular weight is 444 g/mol. The Kier molecular flexibility index (Phi) is 6.54. The highest BCUT2D eigenvalue weighted by Gasteiger charge is 2.34. The number of amides is 2. The van der Waals surface area contributed by atoms with Crippen molar-refractivity contribution in [3.63, 3.8) is 0 Å². The molecule has 0 saturated carbocycles. The smallest absolute Gasteiger partial charge is 0.275 e. The van der Waals surface area contributed by atoms with Gasteiger partial charge >= 0.3 is 0 Å². The van der Waals surface area contributed by atoms with Gasteiger partial charge in [-0.05, 0) is 54.4 Å². The Morgan fingerprint density at radius 3 is 2.52 bits per heavy atom. The Morgan fingerprint density at radius 2 is 1.85 bits per heavy atom. The van der Waals surface area contributed by atoms with Crippen LogP contribution in [0.3, 0.4) is 0 Å². The van der Waals surface area contributed by atoms with E-state index in [0.29, 0.717) is 17.0 Å². The fourth-order valence-electron chi connectivity index (χ4n) is 3.50. The molecule has 4 rings (SSSR count). The van der Waals surface area contributed by atoms with E-state index in [1.165, 1.54) is 54.0 Å². The molecule has 2 aromatic heterocycles. The second kappa shape index (κ2) is 9.86. The molecule has 2 amide bonds. The maximum Gasteiger partial charge on any atom is 0.275 e. The van der Waals surface area contributed by atoms with E-state index < -0.39 is 23.7 Å². The summed E-state index contributed by atoms with van der Waals surface area (Å²) < 4.78 is 18.8. The first-order chi connectivity index (χ1) is 16.0. The van der Waals surface area contributed by atoms with E-state index in [-0.39, 0.29) is 12.2 Å². The summed E-state index contributed by atoms with van der Waals surface area (Å²) in [7, 11) is 0. The Balaban J connectivity index is 1.78. The zero-order valence-corrected chi connectivity index (χ0v) is 17.8. The molecule has 1 atom stereocenters. The minimum Gasteiger partial charge on any atom is -0.467 e. The summed E-state index contributed by atoms with van der Waals surface area (Å²) in [5, 5.41) is 2.80. The number of anilines is 1. The highest BCUT2D eigenvalue weighted by molar-refractivity contribution is 6.01. The fourth-order valence-corrected chi connectivity index (χ4v) is 3.50. The maximum atomic E-state index is 13.6. The van der Waals surface area contributed by atoms with Crippen molar-refractivity contribution >= 4 is 17.5 Å². The summed E-state index contributed by atoms with van der Waals surface area (Å²) in [6.07, 6.45) is 5.74. The Hall–Kier alpha value is -4.33. The molecule has 0 bridgehead atoms. The second-order valence-electron chi connectivity index (χ2n) is 7.36. The van der Waals surface area contributed by atoms with Crippen molar-refractivity contribution in [2.24, 2.45) is 0 Å². The molecule has 1 N–H and O–H groups in total. The molecule has 166 valence electrons. The summed E-state index contributed by atoms with van der Waals surface area (Å²) in [5.74, 6) is -0.858. The predicted octanol–water partition coefficient (Wildman–Crippen LogP) is 4.54. The van der Waals surface area contributed by atoms with E-state index in [9.17, 15) is 14.0 Å². The number of hydrogen-bond acceptors (Lipinski definition) is 5. The first-order valence-electron chi connectivity index (χ1n) is 10.2. The van der Waals surface area contributed by atoms with Gasteiger partial charge in [0, 0.05) is 18.1 Å². The average Bonchev–Trinajstić information content (AvgIpc) is 3.35. The quantitative estimate of drug-likeness (QED) is 0.452. The molecule has 4 aromatic rings. The van der Waals surface area contributed by atoms with Gasteiger partial charge in [-0.1, -0.05) is 24.3 Å². The van der Waals surface area contributed by atoms with Crippen molar-refractivity contribution in [3.05, 3.63) is 114 Å². The van der Waals surface area contributed by atoms with Crippen LogP contribution in [0.15, 0.2) is 89.9 Å². The summed E-state index contributed by atoms with van der Waals surface area (Å²) in [6.45, 7) is 1.89. The fraction of sp³-hybridized carbons (Fsp3) is 0.120. The number of nitrogens with zero attached hydrogens (tertiary/aromatic N) is 3. The molecule has 0 spiro atoms. The zero-order chi connectivity index (χ0) is 23.2. The van der Waals surface area contributed by atoms with Gasteiger partial charge in [-0.15, -0.1) is 0 Å². The third kappa shape index (κ3) is 5.12. The number of furan rings is 1. The second-order valence-corrected chi connectivity index (χ2v) is 7.36. The van der Waals surface area contributed by atoms with Gasteiger partial charge in [-0.3, -0.25) is 14.6 Å². The summed E-state index contributed by atoms with van der Waals surface area (Å²) in [5.41, 5.74) is 1.97. The number of carbonyl (C=O) groups excluding carboxylic acids is 2. The number of nitrogens with one attached hydrogen (secondary N) is 1. The number of aromatic nitrogens is 2. The molecule has 7 nitrogen and oxygen atoms in total. The van der Waals surface area contributed by atoms with Crippen LogP contribution in [0.25, 0.3) is 0 Å². The summed E-state index contributed by atoms with van der Waals surface area (Å²) in [6, 6.07) is 15.2. The predicted molar refractivity (Wildman–Crippen MR) is 120 cm³/mol. The van der Waals surface area contributed by atoms with Gasteiger partial charge in [0.15, 0.2) is 0 Å². The van der Waals surface area contributed by atoms with Gasteiger partial charge in [0.05, 0.1) is 19.0 Å². The molecule has 0 fully saturated rings. The lowest BCUT2D eigenvalue weighted by molar-refractivity contribution is -0.121. The van der Waals surface area contributed by atoms with Crippen molar-refractivity contribution in [1.29, 1.82) is 0 Å². The van der Waals surface area contributed by atoms with Crippen LogP contribution in [0.2, 0.25) is 0 Å². The SMILES string of the molecule is Cc1ccccc1C(C(=O)Nc1ccc(F)cc1)N(Cc1ccco1)C(=O)c1cnccn1. The number of carbonyl (C=O) groups is 2. The third-order valence-electron chi connectivity index (χ3n) is 5.10. The van der Waals surface area contributed by atoms with Gasteiger partial charge in [0.25, 0.3) is 11.8 Å². The van der Waals surface area contributed by atoms with Gasteiger partial charge < -0.3 is 14.6 Å². The largest absolute Gasteiger partial charge is 0.467 e. The van der Waals surface area contributed by atoms with Crippen LogP contribution < -0.4 is 5.32 Å². The number of halogens is 1. The van der Waals surface area contributed by atoms with E-state index in [1.54, 1.807) is 24.3 Å². The summed E-state index contributed by atoms with van der Waals surface area (Å²) >= 11 is 0. The lowest BCUT2D eigenvalue weighted by Crippen LogP contribution is -2.41. The van der Waals surface area contributed by atoms with Crippen LogP contribution in [-0.2, 0) is 11.3 Å². The third-order valence-corrected chi connectivity index (χ3v) is 5.10. The van der Waals surface area contributed by atoms with Crippen molar-refractivity contribution in [3.8, 4) is 0 Å². The topological polar surface area (TPSA) is 88.3 Å². The van der Waals surface area contributed by atoms with Crippen LogP contribution in [0.4, 0.5) is 10.1 Å². The molecule has 33 heavy (non-hydrogen) atoms. The van der Waals surface area contributed by atoms with Crippen molar-refractivity contribution in [1.82, 2.24) is 14.9 Å². The molecule has 8 heteroatoms. The number of aryl methyl sites for hydroxylation is 1. The normalized spacial score (nSPS) is 11.6. The minimum atomic E-state index is -1.02. The van der Waals surface area contributed by atoms with E-state index in [1.807, 2.05) is 19.1 Å². The molecule has 0 aliphatic carbocycles. The minimum absolute atomic E-state index is 0.0260. The van der Waals surface area contributed by atoms with Crippen LogP contribution in [0.5, 0.6) is 0 Å². The molecule has 0 aliphatic heterocycles. The van der Waals surface area contributed by atoms with E-state index >= 15 is 0 Å². The number of benzene rings is 2. The lowest BCUT2D eigenvalue weighted by atomic mass is 9.98. The van der Waals surface area contributed by atoms with Gasteiger partial charge in [-0.25, -0.2) is 9.37 Å². The molecule has 0 radical (unpaired) electrons. The monoisotopic (exact) mass is 444 g/mol. The van der Waals surface area contributed by atoms with Crippen molar-refractivity contribution < 1.29 is 18.4 Å². The molecule has 2 heterocycles. The van der Waals surface area contributed by atoms with Crippen LogP contribution >= 0.6 is 0 Å². The van der Waals surface area contributed by atoms with E-state index in [4.69, 9.17) is 4.42 Å². The van der Waals surface area contributed by atoms with E-state index in [0.717, 1.165) is 5.56 Å². The van der Waals surface area contributed by atoms with Crippen LogP contribution in [0.1, 0.15) is 33.4 Å². The van der Waals surface area contributed by atoms with Crippen LogP contribution in [-0.4, -0.2) is 26.7 Å². The first-order valence-corrected chi connectivity index (χ1v) is 10.2. The molecule has 0 aliphatic rings. The standard InChI is InChI=1S/C25H21FN4O3/c1-17-5-2-3-7-21(17)23(24(31)29-19-10-8-18(26)9-11-19)30(16-20-6-4-14-33-20)25(32)22-15-27-12-13-28-22/h2-15,23H,16H2,1H3,(H,29,31). The number of hydrogen-bond donors (Lipinski definition) is 1. The highest BCUT2D eigenvalue weighted by atomic mass is 19.1. The van der Waals surface area contributed by atoms with Crippen LogP contribution in [0, 0.1) is 12.7 Å². The van der Waals surface area contributed by atoms with Gasteiger partial charge in [0.1, 0.15) is 23.3 Å². The molecule has 1 unspecified atom stereocenters. The zero-order valence-electron chi connectivity index (χ0n) is 17.8. The maximum absolute atomic E-state index is 13.6. The highest BCUT2D eigenvalue weighted by Crippen LogP contribution is 2.29. The van der Waals surface area contributed by atoms with Crippen molar-refractivity contribution in [2.75, 3.05) is 5.32 Å². The molecule has 0 saturated heterocycles. The van der Waals surface area contributed by atoms with Crippen molar-refractivity contribution in [2.45, 2.75) is 19.5 Å². The Morgan fingerprint density at radius 1 is 1.06 bits per heavy atom. The number of rotatable bonds is 7. The molecular formula is C25H21FN4O3. The molecular weight excluding hydrogens is 423 g/mol. The summed E-state index contributed by atoms with van der Waals surface area (Å²) in [4.78, 5) is 36.6. The van der Waals surface area contributed by atoms with Gasteiger partial charge in [-0.2, -0.15) is 0 Å². The lowest BCUT2D eigenvalue weighted by Gasteiger charge is -2.31. The van der Waals surface area contributed by atoms with Gasteiger partial charge in [0.2, 0.25) is 0 Å². The Labute approximate surface area is 189 Å². The molecule has 2 aromatic carbocycles. The van der Waals surface area contributed by atoms with E-state index in [2.05, 4.69) is 15.3 Å².